The molecule has 1 N–H and O–H groups in total. The van der Waals surface area contributed by atoms with Crippen LogP contribution >= 0.6 is 11.6 Å². The Morgan fingerprint density at radius 1 is 1.12 bits per heavy atom. The number of hydrazone groups is 1. The maximum absolute atomic E-state index is 14.0. The maximum Gasteiger partial charge on any atom is 0.332 e. The van der Waals surface area contributed by atoms with E-state index in [9.17, 15) is 14.0 Å². The summed E-state index contributed by atoms with van der Waals surface area (Å²) in [5.41, 5.74) is 4.41. The fourth-order valence-electron chi connectivity index (χ4n) is 3.35. The predicted molar refractivity (Wildman–Crippen MR) is 123 cm³/mol. The number of fused-ring (bicyclic) bond motifs is 1. The number of rotatable bonds is 5. The predicted octanol–water partition coefficient (Wildman–Crippen LogP) is 3.03. The SMILES string of the molecule is Cc1ccc(Cn2c(NN=Cc3c(F)cccc3Cl)nc3c2c(=O)n(C)c(=O)n3C)cc1. The second-order valence-corrected chi connectivity index (χ2v) is 7.80. The molecule has 0 aliphatic rings. The summed E-state index contributed by atoms with van der Waals surface area (Å²) >= 11 is 6.04. The maximum atomic E-state index is 14.0. The van der Waals surface area contributed by atoms with Crippen LogP contribution in [0.25, 0.3) is 11.2 Å². The lowest BCUT2D eigenvalue weighted by atomic mass is 10.1. The Kier molecular flexibility index (Phi) is 5.67. The van der Waals surface area contributed by atoms with Gasteiger partial charge in [-0.25, -0.2) is 14.6 Å². The number of aryl methyl sites for hydroxylation is 2. The van der Waals surface area contributed by atoms with Gasteiger partial charge in [0.05, 0.1) is 17.8 Å². The lowest BCUT2D eigenvalue weighted by Gasteiger charge is -2.09. The lowest BCUT2D eigenvalue weighted by Crippen LogP contribution is -2.37. The summed E-state index contributed by atoms with van der Waals surface area (Å²) in [6, 6.07) is 12.2. The second kappa shape index (κ2) is 8.43. The van der Waals surface area contributed by atoms with Crippen molar-refractivity contribution in [1.29, 1.82) is 0 Å². The first-order valence-corrected chi connectivity index (χ1v) is 10.1. The highest BCUT2D eigenvalue weighted by molar-refractivity contribution is 6.33. The molecule has 0 saturated heterocycles. The minimum atomic E-state index is -0.521. The van der Waals surface area contributed by atoms with Gasteiger partial charge in [0, 0.05) is 19.7 Å². The largest absolute Gasteiger partial charge is 0.332 e. The molecule has 0 saturated carbocycles. The van der Waals surface area contributed by atoms with Crippen molar-refractivity contribution in [2.24, 2.45) is 19.2 Å². The van der Waals surface area contributed by atoms with Gasteiger partial charge in [0.2, 0.25) is 5.95 Å². The Morgan fingerprint density at radius 2 is 1.84 bits per heavy atom. The second-order valence-electron chi connectivity index (χ2n) is 7.39. The van der Waals surface area contributed by atoms with Crippen molar-refractivity contribution in [1.82, 2.24) is 18.7 Å². The van der Waals surface area contributed by atoms with E-state index in [1.54, 1.807) is 17.7 Å². The van der Waals surface area contributed by atoms with Gasteiger partial charge in [0.25, 0.3) is 5.56 Å². The van der Waals surface area contributed by atoms with Gasteiger partial charge in [0.1, 0.15) is 5.82 Å². The standard InChI is InChI=1S/C22H20ClFN6O2/c1-13-7-9-14(10-8-13)12-30-18-19(28(2)22(32)29(3)20(18)31)26-21(30)27-25-11-15-16(23)5-4-6-17(15)24/h4-11H,12H2,1-3H3,(H,26,27). The van der Waals surface area contributed by atoms with E-state index in [0.717, 1.165) is 15.7 Å². The Bertz CT molecular complexity index is 1450. The fourth-order valence-corrected chi connectivity index (χ4v) is 3.56. The molecule has 0 aliphatic carbocycles. The normalized spacial score (nSPS) is 11.5. The molecule has 0 spiro atoms. The molecule has 0 unspecified atom stereocenters. The smallest absolute Gasteiger partial charge is 0.298 e. The van der Waals surface area contributed by atoms with Crippen LogP contribution in [0.5, 0.6) is 0 Å². The van der Waals surface area contributed by atoms with Crippen LogP contribution in [0.15, 0.2) is 57.2 Å². The minimum Gasteiger partial charge on any atom is -0.298 e. The van der Waals surface area contributed by atoms with Crippen molar-refractivity contribution < 1.29 is 4.39 Å². The Balaban J connectivity index is 1.83. The van der Waals surface area contributed by atoms with E-state index in [4.69, 9.17) is 11.6 Å². The number of nitrogens with one attached hydrogen (secondary N) is 1. The zero-order chi connectivity index (χ0) is 23.0. The number of anilines is 1. The molecule has 0 amide bonds. The van der Waals surface area contributed by atoms with Gasteiger partial charge in [-0.05, 0) is 24.6 Å². The van der Waals surface area contributed by atoms with E-state index in [-0.39, 0.29) is 27.7 Å². The molecule has 164 valence electrons. The molecular formula is C22H20ClFN6O2. The average Bonchev–Trinajstić information content (AvgIpc) is 3.12. The zero-order valence-corrected chi connectivity index (χ0v) is 18.4. The Morgan fingerprint density at radius 3 is 2.53 bits per heavy atom. The highest BCUT2D eigenvalue weighted by atomic mass is 35.5. The van der Waals surface area contributed by atoms with Crippen molar-refractivity contribution in [2.75, 3.05) is 5.43 Å². The van der Waals surface area contributed by atoms with Crippen molar-refractivity contribution in [3.05, 3.63) is 90.8 Å². The first kappa shape index (κ1) is 21.5. The number of aromatic nitrogens is 4. The zero-order valence-electron chi connectivity index (χ0n) is 17.6. The molecular weight excluding hydrogens is 435 g/mol. The van der Waals surface area contributed by atoms with Gasteiger partial charge < -0.3 is 0 Å². The summed E-state index contributed by atoms with van der Waals surface area (Å²) in [6.07, 6.45) is 1.24. The Labute approximate surface area is 187 Å². The minimum absolute atomic E-state index is 0.117. The van der Waals surface area contributed by atoms with Gasteiger partial charge in [-0.15, -0.1) is 0 Å². The third-order valence-corrected chi connectivity index (χ3v) is 5.50. The quantitative estimate of drug-likeness (QED) is 0.371. The summed E-state index contributed by atoms with van der Waals surface area (Å²) in [6.45, 7) is 2.29. The van der Waals surface area contributed by atoms with Crippen LogP contribution in [0.1, 0.15) is 16.7 Å². The molecule has 0 radical (unpaired) electrons. The summed E-state index contributed by atoms with van der Waals surface area (Å²) in [5, 5.41) is 4.28. The van der Waals surface area contributed by atoms with Crippen molar-refractivity contribution >= 4 is 34.9 Å². The van der Waals surface area contributed by atoms with Crippen LogP contribution in [-0.4, -0.2) is 24.9 Å². The van der Waals surface area contributed by atoms with Crippen molar-refractivity contribution in [2.45, 2.75) is 13.5 Å². The summed E-state index contributed by atoms with van der Waals surface area (Å²) in [4.78, 5) is 29.7. The molecule has 32 heavy (non-hydrogen) atoms. The van der Waals surface area contributed by atoms with Crippen LogP contribution < -0.4 is 16.7 Å². The van der Waals surface area contributed by atoms with E-state index >= 15 is 0 Å². The first-order chi connectivity index (χ1) is 15.3. The monoisotopic (exact) mass is 454 g/mol. The summed E-state index contributed by atoms with van der Waals surface area (Å²) in [7, 11) is 2.96. The molecule has 0 fully saturated rings. The molecule has 8 nitrogen and oxygen atoms in total. The van der Waals surface area contributed by atoms with Crippen molar-refractivity contribution in [3.63, 3.8) is 0 Å². The third kappa shape index (κ3) is 3.82. The van der Waals surface area contributed by atoms with E-state index in [2.05, 4.69) is 15.5 Å². The number of halogens is 2. The van der Waals surface area contributed by atoms with Gasteiger partial charge in [0.15, 0.2) is 11.2 Å². The molecule has 4 rings (SSSR count). The van der Waals surface area contributed by atoms with E-state index in [1.165, 1.54) is 30.0 Å². The van der Waals surface area contributed by atoms with Gasteiger partial charge in [-0.3, -0.25) is 18.5 Å². The lowest BCUT2D eigenvalue weighted by molar-refractivity contribution is 0.626. The molecule has 0 atom stereocenters. The van der Waals surface area contributed by atoms with E-state index in [0.29, 0.717) is 6.54 Å². The van der Waals surface area contributed by atoms with Gasteiger partial charge in [-0.2, -0.15) is 10.1 Å². The average molecular weight is 455 g/mol. The van der Waals surface area contributed by atoms with E-state index < -0.39 is 17.1 Å². The first-order valence-electron chi connectivity index (χ1n) is 9.73. The molecule has 10 heteroatoms. The van der Waals surface area contributed by atoms with Gasteiger partial charge in [-0.1, -0.05) is 47.5 Å². The number of nitrogens with zero attached hydrogens (tertiary/aromatic N) is 5. The van der Waals surface area contributed by atoms with Crippen LogP contribution in [0.2, 0.25) is 5.02 Å². The number of hydrogen-bond donors (Lipinski definition) is 1. The van der Waals surface area contributed by atoms with Crippen molar-refractivity contribution in [3.8, 4) is 0 Å². The third-order valence-electron chi connectivity index (χ3n) is 5.17. The van der Waals surface area contributed by atoms with Crippen LogP contribution in [0, 0.1) is 12.7 Å². The molecule has 0 aliphatic heterocycles. The number of benzene rings is 2. The van der Waals surface area contributed by atoms with Gasteiger partial charge >= 0.3 is 5.69 Å². The molecule has 4 aromatic rings. The highest BCUT2D eigenvalue weighted by Crippen LogP contribution is 2.19. The molecule has 2 aromatic carbocycles. The van der Waals surface area contributed by atoms with Crippen LogP contribution in [0.4, 0.5) is 10.3 Å². The number of hydrogen-bond acceptors (Lipinski definition) is 5. The highest BCUT2D eigenvalue weighted by Gasteiger charge is 2.19. The summed E-state index contributed by atoms with van der Waals surface area (Å²) in [5.74, 6) is -0.296. The molecule has 2 heterocycles. The summed E-state index contributed by atoms with van der Waals surface area (Å²) < 4.78 is 18.0. The Hall–Kier alpha value is -3.72. The van der Waals surface area contributed by atoms with E-state index in [1.807, 2.05) is 31.2 Å². The molecule has 0 bridgehead atoms. The van der Waals surface area contributed by atoms with Crippen LogP contribution in [0.3, 0.4) is 0 Å². The molecule has 2 aromatic heterocycles. The number of imidazole rings is 1. The topological polar surface area (TPSA) is 86.2 Å². The van der Waals surface area contributed by atoms with Crippen LogP contribution in [-0.2, 0) is 20.6 Å². The fraction of sp³-hybridized carbons (Fsp3) is 0.182.